The molecule has 1 aliphatic heterocycles. The second-order valence-corrected chi connectivity index (χ2v) is 6.99. The minimum Gasteiger partial charge on any atom is -0.481 e. The molecule has 0 radical (unpaired) electrons. The third-order valence-electron chi connectivity index (χ3n) is 4.81. The van der Waals surface area contributed by atoms with Gasteiger partial charge in [0.2, 0.25) is 5.91 Å². The smallest absolute Gasteiger partial charge is 0.311 e. The molecule has 1 amide bonds. The highest BCUT2D eigenvalue weighted by atomic mass is 16.4. The second kappa shape index (κ2) is 7.25. The van der Waals surface area contributed by atoms with E-state index in [9.17, 15) is 14.7 Å². The monoisotopic (exact) mass is 298 g/mol. The Bertz CT molecular complexity index is 382. The molecule has 0 aliphatic carbocycles. The third kappa shape index (κ3) is 4.19. The van der Waals surface area contributed by atoms with Gasteiger partial charge < -0.3 is 10.4 Å². The summed E-state index contributed by atoms with van der Waals surface area (Å²) < 4.78 is 0. The summed E-state index contributed by atoms with van der Waals surface area (Å²) in [7, 11) is 0. The van der Waals surface area contributed by atoms with E-state index in [4.69, 9.17) is 0 Å². The first-order valence-electron chi connectivity index (χ1n) is 7.96. The van der Waals surface area contributed by atoms with Crippen LogP contribution in [0.2, 0.25) is 0 Å². The van der Waals surface area contributed by atoms with Gasteiger partial charge in [-0.25, -0.2) is 0 Å². The number of hydrogen-bond donors (Lipinski definition) is 2. The molecule has 2 unspecified atom stereocenters. The Kier molecular flexibility index (Phi) is 6.20. The number of carboxylic acids is 1. The van der Waals surface area contributed by atoms with Crippen LogP contribution < -0.4 is 5.32 Å². The van der Waals surface area contributed by atoms with Gasteiger partial charge in [-0.2, -0.15) is 0 Å². The first-order valence-corrected chi connectivity index (χ1v) is 7.96. The number of likely N-dealkylation sites (tertiary alicyclic amines) is 1. The summed E-state index contributed by atoms with van der Waals surface area (Å²) in [5.74, 6) is -0.114. The molecule has 5 nitrogen and oxygen atoms in total. The highest BCUT2D eigenvalue weighted by Gasteiger charge is 2.48. The molecule has 5 heteroatoms. The number of hydrogen-bond acceptors (Lipinski definition) is 3. The van der Waals surface area contributed by atoms with E-state index in [1.807, 2.05) is 25.7 Å². The lowest BCUT2D eigenvalue weighted by Crippen LogP contribution is -2.47. The Morgan fingerprint density at radius 3 is 2.29 bits per heavy atom. The van der Waals surface area contributed by atoms with Crippen LogP contribution in [0.4, 0.5) is 0 Å². The highest BCUT2D eigenvalue weighted by Crippen LogP contribution is 2.38. The van der Waals surface area contributed by atoms with Gasteiger partial charge >= 0.3 is 5.97 Å². The molecule has 21 heavy (non-hydrogen) atoms. The first kappa shape index (κ1) is 18.0. The van der Waals surface area contributed by atoms with E-state index in [-0.39, 0.29) is 17.9 Å². The average molecular weight is 298 g/mol. The van der Waals surface area contributed by atoms with E-state index in [0.29, 0.717) is 32.0 Å². The van der Waals surface area contributed by atoms with Gasteiger partial charge in [0.1, 0.15) is 0 Å². The number of carbonyl (C=O) groups excluding carboxylic acids is 1. The zero-order chi connectivity index (χ0) is 16.2. The van der Waals surface area contributed by atoms with E-state index >= 15 is 0 Å². The predicted octanol–water partition coefficient (Wildman–Crippen LogP) is 1.97. The zero-order valence-corrected chi connectivity index (χ0v) is 14.0. The fraction of sp³-hybridized carbons (Fsp3) is 0.875. The lowest BCUT2D eigenvalue weighted by atomic mass is 9.76. The molecule has 1 heterocycles. The van der Waals surface area contributed by atoms with Crippen LogP contribution in [0, 0.1) is 17.3 Å². The standard InChI is InChI=1S/C16H30N2O3/c1-11(2)6-8-17-14(19)13(5)18-9-7-16(10-18,12(3)4)15(20)21/h11-13H,6-10H2,1-5H3,(H,17,19)(H,20,21). The van der Waals surface area contributed by atoms with Gasteiger partial charge in [0, 0.05) is 19.6 Å². The van der Waals surface area contributed by atoms with Gasteiger partial charge in [-0.05, 0) is 31.6 Å². The van der Waals surface area contributed by atoms with Crippen LogP contribution in [0.1, 0.15) is 47.5 Å². The summed E-state index contributed by atoms with van der Waals surface area (Å²) >= 11 is 0. The second-order valence-electron chi connectivity index (χ2n) is 6.99. The fourth-order valence-corrected chi connectivity index (χ4v) is 2.88. The number of rotatable bonds is 7. The lowest BCUT2D eigenvalue weighted by Gasteiger charge is -2.30. The van der Waals surface area contributed by atoms with Gasteiger partial charge in [-0.3, -0.25) is 14.5 Å². The van der Waals surface area contributed by atoms with Crippen molar-refractivity contribution in [3.05, 3.63) is 0 Å². The molecule has 1 rings (SSSR count). The van der Waals surface area contributed by atoms with Crippen molar-refractivity contribution >= 4 is 11.9 Å². The topological polar surface area (TPSA) is 69.6 Å². The molecule has 0 aromatic heterocycles. The number of carbonyl (C=O) groups is 2. The maximum absolute atomic E-state index is 12.2. The Morgan fingerprint density at radius 1 is 1.24 bits per heavy atom. The van der Waals surface area contributed by atoms with Crippen LogP contribution >= 0.6 is 0 Å². The van der Waals surface area contributed by atoms with E-state index in [1.165, 1.54) is 0 Å². The minimum atomic E-state index is -0.743. The van der Waals surface area contributed by atoms with Crippen LogP contribution in [-0.2, 0) is 9.59 Å². The first-order chi connectivity index (χ1) is 9.70. The molecule has 1 saturated heterocycles. The van der Waals surface area contributed by atoms with E-state index in [2.05, 4.69) is 19.2 Å². The summed E-state index contributed by atoms with van der Waals surface area (Å²) in [6.07, 6.45) is 1.58. The molecule has 0 aromatic carbocycles. The van der Waals surface area contributed by atoms with E-state index in [0.717, 1.165) is 6.42 Å². The van der Waals surface area contributed by atoms with Crippen LogP contribution in [0.3, 0.4) is 0 Å². The van der Waals surface area contributed by atoms with Crippen molar-refractivity contribution in [2.45, 2.75) is 53.5 Å². The molecule has 1 aliphatic rings. The van der Waals surface area contributed by atoms with Crippen molar-refractivity contribution in [2.24, 2.45) is 17.3 Å². The molecule has 2 atom stereocenters. The molecule has 0 bridgehead atoms. The molecule has 122 valence electrons. The van der Waals surface area contributed by atoms with Crippen molar-refractivity contribution in [1.82, 2.24) is 10.2 Å². The fourth-order valence-electron chi connectivity index (χ4n) is 2.88. The van der Waals surface area contributed by atoms with Crippen molar-refractivity contribution in [1.29, 1.82) is 0 Å². The SMILES string of the molecule is CC(C)CCNC(=O)C(C)N1CCC(C(=O)O)(C(C)C)C1. The maximum atomic E-state index is 12.2. The zero-order valence-electron chi connectivity index (χ0n) is 14.0. The van der Waals surface area contributed by atoms with Crippen molar-refractivity contribution < 1.29 is 14.7 Å². The number of nitrogens with zero attached hydrogens (tertiary/aromatic N) is 1. The largest absolute Gasteiger partial charge is 0.481 e. The van der Waals surface area contributed by atoms with Crippen molar-refractivity contribution in [3.8, 4) is 0 Å². The van der Waals surface area contributed by atoms with Crippen molar-refractivity contribution in [3.63, 3.8) is 0 Å². The van der Waals surface area contributed by atoms with E-state index in [1.54, 1.807) is 0 Å². The Morgan fingerprint density at radius 2 is 1.86 bits per heavy atom. The molecule has 0 saturated carbocycles. The Labute approximate surface area is 128 Å². The van der Waals surface area contributed by atoms with Gasteiger partial charge in [-0.1, -0.05) is 27.7 Å². The number of carboxylic acid groups (broad SMARTS) is 1. The average Bonchev–Trinajstić information content (AvgIpc) is 2.83. The van der Waals surface area contributed by atoms with Gasteiger partial charge in [-0.15, -0.1) is 0 Å². The molecule has 2 N–H and O–H groups in total. The van der Waals surface area contributed by atoms with Crippen LogP contribution in [0.5, 0.6) is 0 Å². The highest BCUT2D eigenvalue weighted by molar-refractivity contribution is 5.82. The third-order valence-corrected chi connectivity index (χ3v) is 4.81. The van der Waals surface area contributed by atoms with Gasteiger partial charge in [0.05, 0.1) is 11.5 Å². The lowest BCUT2D eigenvalue weighted by molar-refractivity contribution is -0.151. The molecular weight excluding hydrogens is 268 g/mol. The van der Waals surface area contributed by atoms with Crippen LogP contribution in [0.15, 0.2) is 0 Å². The maximum Gasteiger partial charge on any atom is 0.311 e. The van der Waals surface area contributed by atoms with Gasteiger partial charge in [0.15, 0.2) is 0 Å². The number of nitrogens with one attached hydrogen (secondary N) is 1. The summed E-state index contributed by atoms with van der Waals surface area (Å²) in [4.78, 5) is 25.8. The minimum absolute atomic E-state index is 0.000551. The van der Waals surface area contributed by atoms with Gasteiger partial charge in [0.25, 0.3) is 0 Å². The molecule has 0 spiro atoms. The quantitative estimate of drug-likeness (QED) is 0.754. The summed E-state index contributed by atoms with van der Waals surface area (Å²) in [5, 5.41) is 12.5. The predicted molar refractivity (Wildman–Crippen MR) is 83.0 cm³/mol. The number of aliphatic carboxylic acids is 1. The summed E-state index contributed by atoms with van der Waals surface area (Å²) in [6, 6.07) is -0.267. The molecule has 1 fully saturated rings. The van der Waals surface area contributed by atoms with Crippen molar-refractivity contribution in [2.75, 3.05) is 19.6 Å². The summed E-state index contributed by atoms with van der Waals surface area (Å²) in [6.45, 7) is 11.8. The Hall–Kier alpha value is -1.10. The van der Waals surface area contributed by atoms with Crippen LogP contribution in [-0.4, -0.2) is 47.6 Å². The van der Waals surface area contributed by atoms with E-state index < -0.39 is 11.4 Å². The Balaban J connectivity index is 2.59. The number of amides is 1. The molecule has 0 aromatic rings. The molecular formula is C16H30N2O3. The normalized spacial score (nSPS) is 24.5. The summed E-state index contributed by atoms with van der Waals surface area (Å²) in [5.41, 5.74) is -0.716. The van der Waals surface area contributed by atoms with Crippen LogP contribution in [0.25, 0.3) is 0 Å².